The monoisotopic (exact) mass is 470 g/mol. The van der Waals surface area contributed by atoms with Crippen LogP contribution >= 0.6 is 0 Å². The van der Waals surface area contributed by atoms with Crippen molar-refractivity contribution in [3.8, 4) is 23.0 Å². The largest absolute Gasteiger partial charge is 0.497 e. The second-order valence-corrected chi connectivity index (χ2v) is 6.95. The molecular weight excluding hydrogens is 444 g/mol. The Balaban J connectivity index is 2.10. The van der Waals surface area contributed by atoms with E-state index in [0.29, 0.717) is 5.75 Å². The third-order valence-corrected chi connectivity index (χ3v) is 5.02. The normalized spacial score (nSPS) is 10.5. The Labute approximate surface area is 196 Å². The fourth-order valence-corrected chi connectivity index (χ4v) is 3.38. The lowest BCUT2D eigenvalue weighted by molar-refractivity contribution is 0.0509. The molecule has 0 aliphatic heterocycles. The molecule has 2 N–H and O–H groups in total. The molecule has 1 heterocycles. The van der Waals surface area contributed by atoms with Crippen molar-refractivity contribution >= 4 is 17.4 Å². The number of hydrogen-bond acceptors (Lipinski definition) is 10. The zero-order valence-corrected chi connectivity index (χ0v) is 19.6. The Morgan fingerprint density at radius 3 is 2.21 bits per heavy atom. The number of rotatable bonds is 10. The van der Waals surface area contributed by atoms with Gasteiger partial charge in [0, 0.05) is 0 Å². The van der Waals surface area contributed by atoms with Gasteiger partial charge >= 0.3 is 5.97 Å². The highest BCUT2D eigenvalue weighted by Gasteiger charge is 2.31. The van der Waals surface area contributed by atoms with Crippen molar-refractivity contribution in [3.05, 3.63) is 52.8 Å². The van der Waals surface area contributed by atoms with E-state index in [4.69, 9.17) is 29.4 Å². The molecule has 0 spiro atoms. The highest BCUT2D eigenvalue weighted by molar-refractivity contribution is 6.16. The Kier molecular flexibility index (Phi) is 7.57. The Hall–Kier alpha value is -4.28. The van der Waals surface area contributed by atoms with E-state index in [1.165, 1.54) is 32.1 Å². The average molecular weight is 470 g/mol. The minimum atomic E-state index is -0.740. The first-order valence-corrected chi connectivity index (χ1v) is 10.3. The molecule has 34 heavy (non-hydrogen) atoms. The van der Waals surface area contributed by atoms with Gasteiger partial charge in [-0.05, 0) is 30.7 Å². The fraction of sp³-hybridized carbons (Fsp3) is 0.304. The van der Waals surface area contributed by atoms with E-state index in [2.05, 4.69) is 10.3 Å². The third kappa shape index (κ3) is 4.58. The predicted molar refractivity (Wildman–Crippen MR) is 122 cm³/mol. The molecule has 11 nitrogen and oxygen atoms in total. The molecule has 0 aliphatic rings. The number of ether oxygens (including phenoxy) is 5. The number of nitrogen functional groups attached to an aromatic ring is 1. The van der Waals surface area contributed by atoms with Gasteiger partial charge in [-0.2, -0.15) is 0 Å². The predicted octanol–water partition coefficient (Wildman–Crippen LogP) is 2.35. The minimum absolute atomic E-state index is 0.00432. The van der Waals surface area contributed by atoms with Crippen LogP contribution in [0.5, 0.6) is 23.0 Å². The number of nitrogens with two attached hydrogens (primary N) is 1. The van der Waals surface area contributed by atoms with Crippen molar-refractivity contribution in [2.75, 3.05) is 40.8 Å². The van der Waals surface area contributed by atoms with Gasteiger partial charge in [0.1, 0.15) is 5.75 Å². The molecule has 1 aromatic heterocycles. The first-order valence-electron chi connectivity index (χ1n) is 10.3. The molecule has 0 saturated carbocycles. The maximum absolute atomic E-state index is 13.5. The number of nitrogens with zero attached hydrogens (tertiary/aromatic N) is 3. The van der Waals surface area contributed by atoms with E-state index < -0.39 is 11.8 Å². The summed E-state index contributed by atoms with van der Waals surface area (Å²) in [5.74, 6) is -0.139. The number of hydrogen-bond donors (Lipinski definition) is 1. The van der Waals surface area contributed by atoms with E-state index in [1.807, 2.05) is 12.1 Å². The van der Waals surface area contributed by atoms with Gasteiger partial charge < -0.3 is 29.4 Å². The van der Waals surface area contributed by atoms with E-state index in [1.54, 1.807) is 26.2 Å². The van der Waals surface area contributed by atoms with Crippen LogP contribution in [0.2, 0.25) is 0 Å². The first kappa shape index (κ1) is 24.4. The summed E-state index contributed by atoms with van der Waals surface area (Å²) in [5.41, 5.74) is 6.72. The Morgan fingerprint density at radius 1 is 0.971 bits per heavy atom. The molecule has 0 unspecified atom stereocenters. The smallest absolute Gasteiger partial charge is 0.359 e. The topological polar surface area (TPSA) is 137 Å². The quantitative estimate of drug-likeness (QED) is 0.267. The number of benzene rings is 2. The molecule has 0 atom stereocenters. The summed E-state index contributed by atoms with van der Waals surface area (Å²) < 4.78 is 27.6. The lowest BCUT2D eigenvalue weighted by Crippen LogP contribution is -2.18. The number of methoxy groups -OCH3 is 4. The molecule has 0 saturated heterocycles. The van der Waals surface area contributed by atoms with Crippen LogP contribution in [-0.4, -0.2) is 61.8 Å². The highest BCUT2D eigenvalue weighted by Crippen LogP contribution is 2.44. The van der Waals surface area contributed by atoms with Crippen LogP contribution in [0.1, 0.15) is 39.0 Å². The summed E-state index contributed by atoms with van der Waals surface area (Å²) in [4.78, 5) is 26.3. The van der Waals surface area contributed by atoms with Crippen LogP contribution in [0.3, 0.4) is 0 Å². The highest BCUT2D eigenvalue weighted by atomic mass is 16.5. The van der Waals surface area contributed by atoms with Gasteiger partial charge in [0.2, 0.25) is 11.5 Å². The van der Waals surface area contributed by atoms with Crippen molar-refractivity contribution in [1.82, 2.24) is 15.0 Å². The second kappa shape index (κ2) is 10.6. The zero-order valence-electron chi connectivity index (χ0n) is 19.6. The number of carbonyl (C=O) groups excluding carboxylic acids is 2. The molecule has 2 aromatic carbocycles. The van der Waals surface area contributed by atoms with Crippen molar-refractivity contribution < 1.29 is 33.3 Å². The fourth-order valence-electron chi connectivity index (χ4n) is 3.38. The van der Waals surface area contributed by atoms with Crippen LogP contribution in [0.4, 0.5) is 5.69 Å². The van der Waals surface area contributed by atoms with Crippen molar-refractivity contribution in [3.63, 3.8) is 0 Å². The molecule has 0 amide bonds. The Morgan fingerprint density at radius 2 is 1.65 bits per heavy atom. The molecule has 0 bridgehead atoms. The molecule has 0 fully saturated rings. The van der Waals surface area contributed by atoms with E-state index in [9.17, 15) is 9.59 Å². The van der Waals surface area contributed by atoms with E-state index >= 15 is 0 Å². The Bertz CT molecular complexity index is 1190. The molecular formula is C23H26N4O7. The molecule has 0 radical (unpaired) electrons. The van der Waals surface area contributed by atoms with Gasteiger partial charge in [0.25, 0.3) is 0 Å². The van der Waals surface area contributed by atoms with Crippen LogP contribution < -0.4 is 24.7 Å². The third-order valence-electron chi connectivity index (χ3n) is 5.02. The summed E-state index contributed by atoms with van der Waals surface area (Å²) in [6.45, 7) is 1.93. The summed E-state index contributed by atoms with van der Waals surface area (Å²) in [6, 6.07) is 8.58. The van der Waals surface area contributed by atoms with Crippen LogP contribution in [0.15, 0.2) is 30.3 Å². The number of aromatic nitrogens is 3. The lowest BCUT2D eigenvalue weighted by atomic mass is 10.0. The van der Waals surface area contributed by atoms with Gasteiger partial charge in [-0.1, -0.05) is 17.3 Å². The van der Waals surface area contributed by atoms with Gasteiger partial charge in [-0.25, -0.2) is 9.48 Å². The van der Waals surface area contributed by atoms with Gasteiger partial charge in [0.05, 0.1) is 52.8 Å². The summed E-state index contributed by atoms with van der Waals surface area (Å²) in [6.07, 6.45) is 0. The standard InChI is InChI=1S/C23H26N4O7/c1-6-34-23(29)19-18(25-26-27(19)12-13-7-9-14(30-2)10-8-13)20(28)15-11-16(31-3)21(32-4)22(33-5)17(15)24/h7-11H,6,12,24H2,1-5H3. The number of esters is 1. The van der Waals surface area contributed by atoms with Crippen molar-refractivity contribution in [1.29, 1.82) is 0 Å². The van der Waals surface area contributed by atoms with E-state index in [0.717, 1.165) is 5.56 Å². The minimum Gasteiger partial charge on any atom is -0.497 e. The summed E-state index contributed by atoms with van der Waals surface area (Å²) >= 11 is 0. The SMILES string of the molecule is CCOC(=O)c1c(C(=O)c2cc(OC)c(OC)c(OC)c2N)nnn1Cc1ccc(OC)cc1. The van der Waals surface area contributed by atoms with Gasteiger partial charge in [-0.3, -0.25) is 4.79 Å². The van der Waals surface area contributed by atoms with Crippen molar-refractivity contribution in [2.45, 2.75) is 13.5 Å². The molecule has 3 aromatic rings. The number of ketones is 1. The van der Waals surface area contributed by atoms with Crippen LogP contribution in [0, 0.1) is 0 Å². The lowest BCUT2D eigenvalue weighted by Gasteiger charge is -2.16. The summed E-state index contributed by atoms with van der Waals surface area (Å²) in [7, 11) is 5.79. The van der Waals surface area contributed by atoms with E-state index in [-0.39, 0.29) is 53.0 Å². The average Bonchev–Trinajstić information content (AvgIpc) is 3.27. The molecule has 0 aliphatic carbocycles. The number of carbonyl (C=O) groups is 2. The zero-order chi connectivity index (χ0) is 24.8. The second-order valence-electron chi connectivity index (χ2n) is 6.95. The summed E-state index contributed by atoms with van der Waals surface area (Å²) in [5, 5.41) is 8.03. The van der Waals surface area contributed by atoms with Crippen LogP contribution in [-0.2, 0) is 11.3 Å². The maximum atomic E-state index is 13.5. The molecule has 180 valence electrons. The first-order chi connectivity index (χ1) is 16.4. The van der Waals surface area contributed by atoms with Gasteiger partial charge in [0.15, 0.2) is 22.9 Å². The number of anilines is 1. The van der Waals surface area contributed by atoms with Gasteiger partial charge in [-0.15, -0.1) is 5.10 Å². The molecule has 11 heteroatoms. The van der Waals surface area contributed by atoms with Crippen LogP contribution in [0.25, 0.3) is 0 Å². The maximum Gasteiger partial charge on any atom is 0.359 e. The van der Waals surface area contributed by atoms with Crippen molar-refractivity contribution in [2.24, 2.45) is 0 Å². The molecule has 3 rings (SSSR count).